The summed E-state index contributed by atoms with van der Waals surface area (Å²) in [5.74, 6) is 0.809. The van der Waals surface area contributed by atoms with Gasteiger partial charge in [0.2, 0.25) is 5.91 Å². The molecule has 5 heterocycles. The highest BCUT2D eigenvalue weighted by Gasteiger charge is 2.22. The zero-order valence-electron chi connectivity index (χ0n) is 24.5. The summed E-state index contributed by atoms with van der Waals surface area (Å²) in [5, 5.41) is 4.05. The first-order valence-electron chi connectivity index (χ1n) is 14.9. The number of ether oxygens (including phenoxy) is 1. The van der Waals surface area contributed by atoms with Gasteiger partial charge < -0.3 is 19.9 Å². The molecule has 3 aromatic heterocycles. The number of nitrogens with zero attached hydrogens (tertiary/aromatic N) is 5. The molecule has 10 nitrogen and oxygen atoms in total. The van der Waals surface area contributed by atoms with Gasteiger partial charge in [-0.25, -0.2) is 9.97 Å². The Morgan fingerprint density at radius 3 is 2.65 bits per heavy atom. The van der Waals surface area contributed by atoms with Crippen molar-refractivity contribution in [1.29, 1.82) is 0 Å². The van der Waals surface area contributed by atoms with Crippen LogP contribution in [-0.2, 0) is 22.5 Å². The van der Waals surface area contributed by atoms with E-state index in [1.807, 2.05) is 36.4 Å². The SMILES string of the molecule is C=C(C)C(=O)NC1CCCN(Cc2ccnc(C(=O)Cc3ccc(-c4cc5c(N6CCOCC6)ncnc5[nH]4)cc3)c2)C1. The van der Waals surface area contributed by atoms with Crippen molar-refractivity contribution in [3.05, 3.63) is 84.0 Å². The number of carbonyl (C=O) groups is 2. The molecule has 2 aliphatic rings. The van der Waals surface area contributed by atoms with Crippen LogP contribution in [0.2, 0.25) is 0 Å². The third-order valence-electron chi connectivity index (χ3n) is 8.09. The maximum atomic E-state index is 13.2. The van der Waals surface area contributed by atoms with E-state index in [4.69, 9.17) is 4.74 Å². The molecule has 6 rings (SSSR count). The minimum absolute atomic E-state index is 0.0177. The van der Waals surface area contributed by atoms with Gasteiger partial charge in [-0.05, 0) is 61.2 Å². The Bertz CT molecular complexity index is 1630. The van der Waals surface area contributed by atoms with Crippen LogP contribution in [0.4, 0.5) is 5.82 Å². The lowest BCUT2D eigenvalue weighted by molar-refractivity contribution is -0.118. The van der Waals surface area contributed by atoms with Crippen molar-refractivity contribution in [2.24, 2.45) is 0 Å². The van der Waals surface area contributed by atoms with Crippen LogP contribution < -0.4 is 10.2 Å². The summed E-state index contributed by atoms with van der Waals surface area (Å²) < 4.78 is 5.49. The number of hydrogen-bond donors (Lipinski definition) is 2. The molecule has 0 aliphatic carbocycles. The largest absolute Gasteiger partial charge is 0.378 e. The minimum Gasteiger partial charge on any atom is -0.378 e. The Morgan fingerprint density at radius 1 is 1.05 bits per heavy atom. The number of hydrogen-bond acceptors (Lipinski definition) is 8. The topological polar surface area (TPSA) is 116 Å². The summed E-state index contributed by atoms with van der Waals surface area (Å²) >= 11 is 0. The van der Waals surface area contributed by atoms with Crippen molar-refractivity contribution in [3.8, 4) is 11.3 Å². The molecule has 0 spiro atoms. The van der Waals surface area contributed by atoms with E-state index in [1.165, 1.54) is 0 Å². The van der Waals surface area contributed by atoms with Gasteiger partial charge in [-0.2, -0.15) is 0 Å². The number of aromatic nitrogens is 4. The molecule has 43 heavy (non-hydrogen) atoms. The number of likely N-dealkylation sites (tertiary alicyclic amines) is 1. The van der Waals surface area contributed by atoms with Crippen LogP contribution in [0.15, 0.2) is 67.1 Å². The lowest BCUT2D eigenvalue weighted by atomic mass is 10.0. The van der Waals surface area contributed by atoms with E-state index in [1.54, 1.807) is 19.4 Å². The first kappa shape index (κ1) is 28.7. The third-order valence-corrected chi connectivity index (χ3v) is 8.09. The number of morpholine rings is 1. The number of rotatable bonds is 9. The van der Waals surface area contributed by atoms with Gasteiger partial charge in [0.1, 0.15) is 23.5 Å². The molecule has 1 amide bonds. The molecular formula is C33H37N7O3. The van der Waals surface area contributed by atoms with Gasteiger partial charge in [0.25, 0.3) is 0 Å². The number of benzene rings is 1. The predicted octanol–water partition coefficient (Wildman–Crippen LogP) is 3.94. The van der Waals surface area contributed by atoms with Crippen LogP contribution in [0.5, 0.6) is 0 Å². The Labute approximate surface area is 251 Å². The van der Waals surface area contributed by atoms with Crippen LogP contribution in [-0.4, -0.2) is 82.0 Å². The van der Waals surface area contributed by atoms with Gasteiger partial charge in [0.05, 0.1) is 18.6 Å². The van der Waals surface area contributed by atoms with Crippen molar-refractivity contribution in [3.63, 3.8) is 0 Å². The number of piperidine rings is 1. The zero-order valence-corrected chi connectivity index (χ0v) is 24.5. The monoisotopic (exact) mass is 579 g/mol. The maximum absolute atomic E-state index is 13.2. The Balaban J connectivity index is 1.09. The fourth-order valence-corrected chi connectivity index (χ4v) is 5.80. The van der Waals surface area contributed by atoms with Gasteiger partial charge in [-0.1, -0.05) is 30.8 Å². The van der Waals surface area contributed by atoms with Crippen molar-refractivity contribution in [1.82, 2.24) is 30.2 Å². The number of H-pyrrole nitrogens is 1. The molecule has 10 heteroatoms. The molecule has 0 bridgehead atoms. The molecule has 2 N–H and O–H groups in total. The van der Waals surface area contributed by atoms with E-state index in [0.717, 1.165) is 78.3 Å². The van der Waals surface area contributed by atoms with Gasteiger partial charge in [-0.3, -0.25) is 19.5 Å². The highest BCUT2D eigenvalue weighted by atomic mass is 16.5. The van der Waals surface area contributed by atoms with Crippen molar-refractivity contribution in [2.75, 3.05) is 44.3 Å². The average molecular weight is 580 g/mol. The molecule has 1 atom stereocenters. The highest BCUT2D eigenvalue weighted by molar-refractivity contribution is 5.96. The Hall–Kier alpha value is -4.41. The smallest absolute Gasteiger partial charge is 0.246 e. The first-order valence-corrected chi connectivity index (χ1v) is 14.9. The third kappa shape index (κ3) is 6.81. The van der Waals surface area contributed by atoms with Crippen LogP contribution >= 0.6 is 0 Å². The van der Waals surface area contributed by atoms with Gasteiger partial charge in [0, 0.05) is 56.1 Å². The summed E-state index contributed by atoms with van der Waals surface area (Å²) in [6.07, 6.45) is 5.54. The molecule has 2 aliphatic heterocycles. The standard InChI is InChI=1S/C33H37N7O3/c1-22(2)33(42)37-26-4-3-11-39(20-26)19-24-9-10-34-29(16-24)30(41)17-23-5-7-25(8-6-23)28-18-27-31(38-28)35-21-36-32(27)40-12-14-43-15-13-40/h5-10,16,18,21,26H,1,3-4,11-15,17,19-20H2,2H3,(H,37,42)(H,35,36,38). The van der Waals surface area contributed by atoms with E-state index in [0.29, 0.717) is 31.0 Å². The summed E-state index contributed by atoms with van der Waals surface area (Å²) in [4.78, 5) is 46.6. The number of ketones is 1. The molecule has 2 fully saturated rings. The molecule has 1 aromatic carbocycles. The number of nitrogens with one attached hydrogen (secondary N) is 2. The quantitative estimate of drug-likeness (QED) is 0.226. The predicted molar refractivity (Wildman–Crippen MR) is 166 cm³/mol. The summed E-state index contributed by atoms with van der Waals surface area (Å²) in [6.45, 7) is 10.9. The number of fused-ring (bicyclic) bond motifs is 1. The van der Waals surface area contributed by atoms with E-state index in [-0.39, 0.29) is 24.2 Å². The van der Waals surface area contributed by atoms with E-state index in [2.05, 4.69) is 47.7 Å². The second kappa shape index (κ2) is 12.8. The Kier molecular flexibility index (Phi) is 8.57. The number of carbonyl (C=O) groups excluding carboxylic acids is 2. The lowest BCUT2D eigenvalue weighted by Gasteiger charge is -2.33. The summed E-state index contributed by atoms with van der Waals surface area (Å²) in [7, 11) is 0. The molecular weight excluding hydrogens is 542 g/mol. The van der Waals surface area contributed by atoms with Gasteiger partial charge in [-0.15, -0.1) is 0 Å². The lowest BCUT2D eigenvalue weighted by Crippen LogP contribution is -2.47. The van der Waals surface area contributed by atoms with Crippen LogP contribution in [0.1, 0.15) is 41.4 Å². The molecule has 4 aromatic rings. The van der Waals surface area contributed by atoms with Crippen molar-refractivity contribution < 1.29 is 14.3 Å². The summed E-state index contributed by atoms with van der Waals surface area (Å²) in [5.41, 5.74) is 5.73. The fraction of sp³-hybridized carbons (Fsp3) is 0.364. The molecule has 2 saturated heterocycles. The van der Waals surface area contributed by atoms with E-state index >= 15 is 0 Å². The molecule has 222 valence electrons. The molecule has 0 saturated carbocycles. The second-order valence-electron chi connectivity index (χ2n) is 11.4. The molecule has 0 radical (unpaired) electrons. The first-order chi connectivity index (χ1) is 20.9. The maximum Gasteiger partial charge on any atom is 0.246 e. The normalized spacial score (nSPS) is 17.6. The fourth-order valence-electron chi connectivity index (χ4n) is 5.80. The summed E-state index contributed by atoms with van der Waals surface area (Å²) in [6, 6.07) is 14.1. The average Bonchev–Trinajstić information content (AvgIpc) is 3.47. The number of aromatic amines is 1. The number of anilines is 1. The number of amides is 1. The van der Waals surface area contributed by atoms with Crippen molar-refractivity contribution >= 4 is 28.5 Å². The number of pyridine rings is 1. The Morgan fingerprint density at radius 2 is 1.86 bits per heavy atom. The van der Waals surface area contributed by atoms with Gasteiger partial charge in [0.15, 0.2) is 5.78 Å². The van der Waals surface area contributed by atoms with E-state index in [9.17, 15) is 9.59 Å². The van der Waals surface area contributed by atoms with Crippen LogP contribution in [0.25, 0.3) is 22.3 Å². The minimum atomic E-state index is -0.0924. The highest BCUT2D eigenvalue weighted by Crippen LogP contribution is 2.29. The molecule has 1 unspecified atom stereocenters. The zero-order chi connectivity index (χ0) is 29.8. The van der Waals surface area contributed by atoms with Crippen LogP contribution in [0.3, 0.4) is 0 Å². The van der Waals surface area contributed by atoms with E-state index < -0.39 is 0 Å². The van der Waals surface area contributed by atoms with Crippen molar-refractivity contribution in [2.45, 2.75) is 38.8 Å². The van der Waals surface area contributed by atoms with Gasteiger partial charge >= 0.3 is 0 Å². The second-order valence-corrected chi connectivity index (χ2v) is 11.4. The number of Topliss-reactive ketones (excluding diaryl/α,β-unsaturated/α-hetero) is 1. The van der Waals surface area contributed by atoms with Crippen LogP contribution in [0, 0.1) is 0 Å².